The second-order valence-electron chi connectivity index (χ2n) is 5.72. The molecule has 0 saturated carbocycles. The molecule has 7 heteroatoms. The Bertz CT molecular complexity index is 868. The van der Waals surface area contributed by atoms with Crippen LogP contribution < -0.4 is 10.6 Å². The summed E-state index contributed by atoms with van der Waals surface area (Å²) in [5.74, 6) is 0.424. The van der Waals surface area contributed by atoms with Crippen molar-refractivity contribution in [3.05, 3.63) is 63.4 Å². The van der Waals surface area contributed by atoms with Gasteiger partial charge in [-0.2, -0.15) is 0 Å². The summed E-state index contributed by atoms with van der Waals surface area (Å²) in [5.41, 5.74) is 4.11. The predicted molar refractivity (Wildman–Crippen MR) is 99.3 cm³/mol. The monoisotopic (exact) mass is 353 g/mol. The molecular weight excluding hydrogens is 334 g/mol. The Balaban J connectivity index is 1.62. The number of hydrogen-bond donors (Lipinski definition) is 2. The maximum atomic E-state index is 12.2. The number of benzene rings is 1. The van der Waals surface area contributed by atoms with Crippen LogP contribution in [0.25, 0.3) is 0 Å². The van der Waals surface area contributed by atoms with Crippen molar-refractivity contribution in [1.82, 2.24) is 20.3 Å². The molecule has 2 aromatic heterocycles. The van der Waals surface area contributed by atoms with Crippen molar-refractivity contribution in [2.45, 2.75) is 27.3 Å². The third-order valence-corrected chi connectivity index (χ3v) is 4.30. The van der Waals surface area contributed by atoms with Gasteiger partial charge in [-0.1, -0.05) is 0 Å². The molecule has 0 spiro atoms. The molecule has 25 heavy (non-hydrogen) atoms. The molecule has 0 saturated heterocycles. The average Bonchev–Trinajstić information content (AvgIpc) is 2.98. The number of aromatic nitrogens is 3. The lowest BCUT2D eigenvalue weighted by atomic mass is 10.2. The molecule has 128 valence electrons. The zero-order valence-electron chi connectivity index (χ0n) is 14.3. The van der Waals surface area contributed by atoms with Gasteiger partial charge in [-0.05, 0) is 51.1 Å². The summed E-state index contributed by atoms with van der Waals surface area (Å²) in [7, 11) is 0. The molecule has 0 atom stereocenters. The summed E-state index contributed by atoms with van der Waals surface area (Å²) in [6, 6.07) is 9.13. The molecule has 0 radical (unpaired) electrons. The number of rotatable bonds is 5. The number of thiazole rings is 1. The summed E-state index contributed by atoms with van der Waals surface area (Å²) in [6.07, 6.45) is 0. The van der Waals surface area contributed by atoms with Crippen LogP contribution in [0.15, 0.2) is 35.7 Å². The Morgan fingerprint density at radius 1 is 1.04 bits per heavy atom. The van der Waals surface area contributed by atoms with E-state index in [0.29, 0.717) is 18.1 Å². The molecule has 0 aliphatic rings. The number of nitrogens with one attached hydrogen (secondary N) is 2. The zero-order valence-corrected chi connectivity index (χ0v) is 15.1. The second kappa shape index (κ2) is 7.40. The van der Waals surface area contributed by atoms with E-state index in [1.165, 1.54) is 0 Å². The van der Waals surface area contributed by atoms with Crippen LogP contribution in [0.1, 0.15) is 32.4 Å². The standard InChI is InChI=1S/C18H19N5OS/c1-11-8-12(2)21-18(20-11)23-15-6-4-14(5-7-15)17(24)19-9-16-10-25-13(3)22-16/h4-8,10H,9H2,1-3H3,(H,19,24)(H,20,21,23). The Morgan fingerprint density at radius 2 is 1.72 bits per heavy atom. The molecule has 3 aromatic rings. The summed E-state index contributed by atoms with van der Waals surface area (Å²) in [5, 5.41) is 8.97. The summed E-state index contributed by atoms with van der Waals surface area (Å²) in [4.78, 5) is 25.2. The maximum Gasteiger partial charge on any atom is 0.251 e. The average molecular weight is 353 g/mol. The lowest BCUT2D eigenvalue weighted by molar-refractivity contribution is 0.0950. The Labute approximate surface area is 150 Å². The number of carbonyl (C=O) groups is 1. The van der Waals surface area contributed by atoms with Crippen LogP contribution in [0.4, 0.5) is 11.6 Å². The van der Waals surface area contributed by atoms with E-state index >= 15 is 0 Å². The highest BCUT2D eigenvalue weighted by Gasteiger charge is 2.07. The van der Waals surface area contributed by atoms with E-state index in [1.54, 1.807) is 23.5 Å². The number of carbonyl (C=O) groups excluding carboxylic acids is 1. The quantitative estimate of drug-likeness (QED) is 0.733. The molecule has 6 nitrogen and oxygen atoms in total. The van der Waals surface area contributed by atoms with Crippen LogP contribution in [0, 0.1) is 20.8 Å². The molecule has 2 N–H and O–H groups in total. The fraction of sp³-hybridized carbons (Fsp3) is 0.222. The minimum Gasteiger partial charge on any atom is -0.346 e. The minimum absolute atomic E-state index is 0.125. The van der Waals surface area contributed by atoms with E-state index in [9.17, 15) is 4.79 Å². The fourth-order valence-corrected chi connectivity index (χ4v) is 2.99. The van der Waals surface area contributed by atoms with Crippen molar-refractivity contribution in [3.8, 4) is 0 Å². The minimum atomic E-state index is -0.125. The van der Waals surface area contributed by atoms with Gasteiger partial charge in [-0.25, -0.2) is 15.0 Å². The lowest BCUT2D eigenvalue weighted by Gasteiger charge is -2.08. The molecule has 0 unspecified atom stereocenters. The van der Waals surface area contributed by atoms with Gasteiger partial charge in [0.1, 0.15) is 0 Å². The van der Waals surface area contributed by atoms with Crippen LogP contribution in [-0.4, -0.2) is 20.9 Å². The predicted octanol–water partition coefficient (Wildman–Crippen LogP) is 3.53. The smallest absolute Gasteiger partial charge is 0.251 e. The number of amides is 1. The van der Waals surface area contributed by atoms with Gasteiger partial charge in [0.15, 0.2) is 0 Å². The topological polar surface area (TPSA) is 79.8 Å². The van der Waals surface area contributed by atoms with Gasteiger partial charge in [-0.15, -0.1) is 11.3 Å². The van der Waals surface area contributed by atoms with E-state index in [1.807, 2.05) is 44.4 Å². The highest BCUT2D eigenvalue weighted by atomic mass is 32.1. The lowest BCUT2D eigenvalue weighted by Crippen LogP contribution is -2.22. The van der Waals surface area contributed by atoms with Crippen molar-refractivity contribution < 1.29 is 4.79 Å². The molecule has 2 heterocycles. The van der Waals surface area contributed by atoms with Crippen molar-refractivity contribution in [1.29, 1.82) is 0 Å². The van der Waals surface area contributed by atoms with Gasteiger partial charge in [0.25, 0.3) is 5.91 Å². The van der Waals surface area contributed by atoms with Crippen molar-refractivity contribution in [2.24, 2.45) is 0 Å². The number of aryl methyl sites for hydroxylation is 3. The molecule has 0 fully saturated rings. The Kier molecular flexibility index (Phi) is 5.04. The van der Waals surface area contributed by atoms with Crippen molar-refractivity contribution in [3.63, 3.8) is 0 Å². The highest BCUT2D eigenvalue weighted by Crippen LogP contribution is 2.15. The first-order valence-electron chi connectivity index (χ1n) is 7.88. The maximum absolute atomic E-state index is 12.2. The summed E-state index contributed by atoms with van der Waals surface area (Å²) < 4.78 is 0. The SMILES string of the molecule is Cc1cc(C)nc(Nc2ccc(C(=O)NCc3csc(C)n3)cc2)n1. The van der Waals surface area contributed by atoms with Gasteiger partial charge < -0.3 is 10.6 Å². The first-order valence-corrected chi connectivity index (χ1v) is 8.76. The molecule has 0 aliphatic carbocycles. The van der Waals surface area contributed by atoms with Gasteiger partial charge in [0.05, 0.1) is 17.2 Å². The third kappa shape index (κ3) is 4.60. The molecule has 1 aromatic carbocycles. The summed E-state index contributed by atoms with van der Waals surface area (Å²) >= 11 is 1.57. The first-order chi connectivity index (χ1) is 12.0. The van der Waals surface area contributed by atoms with Crippen molar-refractivity contribution in [2.75, 3.05) is 5.32 Å². The van der Waals surface area contributed by atoms with Gasteiger partial charge in [0.2, 0.25) is 5.95 Å². The number of hydrogen-bond acceptors (Lipinski definition) is 6. The van der Waals surface area contributed by atoms with Crippen LogP contribution in [0.3, 0.4) is 0 Å². The second-order valence-corrected chi connectivity index (χ2v) is 6.78. The molecule has 0 aliphatic heterocycles. The van der Waals surface area contributed by atoms with Gasteiger partial charge in [0, 0.05) is 28.0 Å². The summed E-state index contributed by atoms with van der Waals surface area (Å²) in [6.45, 7) is 6.23. The number of anilines is 2. The Hall–Kier alpha value is -2.80. The highest BCUT2D eigenvalue weighted by molar-refractivity contribution is 7.09. The zero-order chi connectivity index (χ0) is 17.8. The van der Waals surface area contributed by atoms with E-state index < -0.39 is 0 Å². The van der Waals surface area contributed by atoms with Gasteiger partial charge in [-0.3, -0.25) is 4.79 Å². The van der Waals surface area contributed by atoms with E-state index in [-0.39, 0.29) is 5.91 Å². The molecule has 1 amide bonds. The van der Waals surface area contributed by atoms with Crippen LogP contribution >= 0.6 is 11.3 Å². The van der Waals surface area contributed by atoms with Crippen LogP contribution in [0.2, 0.25) is 0 Å². The Morgan fingerprint density at radius 3 is 2.32 bits per heavy atom. The number of nitrogens with zero attached hydrogens (tertiary/aromatic N) is 3. The molecule has 3 rings (SSSR count). The normalized spacial score (nSPS) is 10.5. The third-order valence-electron chi connectivity index (χ3n) is 3.48. The molecule has 0 bridgehead atoms. The van der Waals surface area contributed by atoms with E-state index in [0.717, 1.165) is 27.8 Å². The molecular formula is C18H19N5OS. The first kappa shape index (κ1) is 17.0. The van der Waals surface area contributed by atoms with E-state index in [4.69, 9.17) is 0 Å². The van der Waals surface area contributed by atoms with Crippen molar-refractivity contribution >= 4 is 28.9 Å². The van der Waals surface area contributed by atoms with Crippen LogP contribution in [0.5, 0.6) is 0 Å². The van der Waals surface area contributed by atoms with Gasteiger partial charge >= 0.3 is 0 Å². The van der Waals surface area contributed by atoms with Crippen LogP contribution in [-0.2, 0) is 6.54 Å². The fourth-order valence-electron chi connectivity index (χ4n) is 2.38. The van der Waals surface area contributed by atoms with E-state index in [2.05, 4.69) is 25.6 Å². The largest absolute Gasteiger partial charge is 0.346 e.